The van der Waals surface area contributed by atoms with E-state index in [1.54, 1.807) is 13.2 Å². The Morgan fingerprint density at radius 3 is 2.42 bits per heavy atom. The highest BCUT2D eigenvalue weighted by molar-refractivity contribution is 5.30. The van der Waals surface area contributed by atoms with Crippen LogP contribution in [0.1, 0.15) is 42.6 Å². The summed E-state index contributed by atoms with van der Waals surface area (Å²) in [5.74, 6) is 0. The van der Waals surface area contributed by atoms with Crippen molar-refractivity contribution in [3.05, 3.63) is 47.3 Å². The summed E-state index contributed by atoms with van der Waals surface area (Å²) in [7, 11) is 1.72. The lowest BCUT2D eigenvalue weighted by molar-refractivity contribution is -0.137. The molecule has 8 heteroatoms. The van der Waals surface area contributed by atoms with Crippen LogP contribution in [0, 0.1) is 0 Å². The van der Waals surface area contributed by atoms with Crippen molar-refractivity contribution in [2.45, 2.75) is 43.7 Å². The summed E-state index contributed by atoms with van der Waals surface area (Å²) in [5.41, 5.74) is -1.60. The molecular weight excluding hydrogens is 324 g/mol. The summed E-state index contributed by atoms with van der Waals surface area (Å²) < 4.78 is 55.1. The van der Waals surface area contributed by atoms with Crippen LogP contribution >= 0.6 is 0 Å². The molecule has 0 radical (unpaired) electrons. The van der Waals surface area contributed by atoms with E-state index in [2.05, 4.69) is 15.6 Å². The van der Waals surface area contributed by atoms with Crippen LogP contribution in [-0.2, 0) is 18.9 Å². The van der Waals surface area contributed by atoms with Crippen molar-refractivity contribution in [3.63, 3.8) is 0 Å². The zero-order valence-corrected chi connectivity index (χ0v) is 13.3. The zero-order chi connectivity index (χ0) is 17.5. The molecule has 0 unspecified atom stereocenters. The lowest BCUT2D eigenvalue weighted by Crippen LogP contribution is -2.45. The number of hydrogen-bond donors (Lipinski definition) is 1. The summed E-state index contributed by atoms with van der Waals surface area (Å²) in [6.07, 6.45) is -2.43. The van der Waals surface area contributed by atoms with Gasteiger partial charge in [0.25, 0.3) is 0 Å². The van der Waals surface area contributed by atoms with Gasteiger partial charge >= 0.3 is 6.18 Å². The molecule has 130 valence electrons. The first-order chi connectivity index (χ1) is 11.2. The van der Waals surface area contributed by atoms with Crippen molar-refractivity contribution in [2.75, 3.05) is 0 Å². The third-order valence-electron chi connectivity index (χ3n) is 4.35. The molecule has 1 aromatic heterocycles. The van der Waals surface area contributed by atoms with Crippen molar-refractivity contribution in [2.24, 2.45) is 7.05 Å². The van der Waals surface area contributed by atoms with Gasteiger partial charge in [-0.25, -0.2) is 4.39 Å². The van der Waals surface area contributed by atoms with Crippen molar-refractivity contribution >= 4 is 0 Å². The molecule has 1 aliphatic rings. The van der Waals surface area contributed by atoms with Crippen LogP contribution in [-0.4, -0.2) is 21.0 Å². The molecule has 1 aliphatic heterocycles. The van der Waals surface area contributed by atoms with Gasteiger partial charge in [-0.3, -0.25) is 4.68 Å². The van der Waals surface area contributed by atoms with Gasteiger partial charge in [-0.1, -0.05) is 17.3 Å². The van der Waals surface area contributed by atoms with Gasteiger partial charge in [-0.2, -0.15) is 13.2 Å². The Balaban J connectivity index is 1.87. The van der Waals surface area contributed by atoms with Crippen LogP contribution in [0.2, 0.25) is 0 Å². The summed E-state index contributed by atoms with van der Waals surface area (Å²) in [4.78, 5) is 0. The second-order valence-corrected chi connectivity index (χ2v) is 6.39. The zero-order valence-electron chi connectivity index (χ0n) is 13.3. The fraction of sp³-hybridized carbons (Fsp3) is 0.500. The van der Waals surface area contributed by atoms with E-state index in [1.807, 2.05) is 6.92 Å². The van der Waals surface area contributed by atoms with E-state index in [0.717, 1.165) is 12.1 Å². The minimum absolute atomic E-state index is 0.0986. The Bertz CT molecular complexity index is 710. The first-order valence-electron chi connectivity index (χ1n) is 7.66. The van der Waals surface area contributed by atoms with E-state index in [4.69, 9.17) is 0 Å². The Hall–Kier alpha value is -1.96. The molecule has 3 rings (SSSR count). The van der Waals surface area contributed by atoms with Crippen LogP contribution in [0.25, 0.3) is 0 Å². The number of halogens is 4. The first-order valence-corrected chi connectivity index (χ1v) is 7.66. The van der Waals surface area contributed by atoms with Crippen molar-refractivity contribution in [1.29, 1.82) is 0 Å². The van der Waals surface area contributed by atoms with Gasteiger partial charge < -0.3 is 5.32 Å². The monoisotopic (exact) mass is 342 g/mol. The van der Waals surface area contributed by atoms with Crippen molar-refractivity contribution in [3.8, 4) is 0 Å². The normalized spacial score (nSPS) is 28.1. The highest BCUT2D eigenvalue weighted by Crippen LogP contribution is 2.43. The molecule has 0 spiro atoms. The second kappa shape index (κ2) is 5.84. The van der Waals surface area contributed by atoms with Crippen LogP contribution in [0.4, 0.5) is 17.6 Å². The van der Waals surface area contributed by atoms with Gasteiger partial charge in [-0.05, 0) is 24.6 Å². The fourth-order valence-electron chi connectivity index (χ4n) is 3.26. The van der Waals surface area contributed by atoms with Gasteiger partial charge in [-0.15, -0.1) is 5.10 Å². The van der Waals surface area contributed by atoms with Crippen molar-refractivity contribution < 1.29 is 17.6 Å². The predicted molar refractivity (Wildman–Crippen MR) is 79.8 cm³/mol. The molecule has 4 nitrogen and oxygen atoms in total. The highest BCUT2D eigenvalue weighted by atomic mass is 19.4. The number of benzene rings is 1. The van der Waals surface area contributed by atoms with Gasteiger partial charge in [0.2, 0.25) is 0 Å². The topological polar surface area (TPSA) is 42.7 Å². The minimum atomic E-state index is -4.43. The molecule has 2 aromatic rings. The molecule has 3 atom stereocenters. The number of piperidine rings is 1. The maximum Gasteiger partial charge on any atom is 0.416 e. The third kappa shape index (κ3) is 3.28. The Kier molecular flexibility index (Phi) is 4.11. The SMILES string of the molecule is C[C@H]1C[C@@](F)(c2ccc(C(F)(F)F)cc2)C[C@@H](c2cn(C)nn2)N1. The Labute approximate surface area is 136 Å². The van der Waals surface area contributed by atoms with Crippen LogP contribution < -0.4 is 5.32 Å². The van der Waals surface area contributed by atoms with E-state index >= 15 is 4.39 Å². The molecule has 0 saturated carbocycles. The number of nitrogens with zero attached hydrogens (tertiary/aromatic N) is 3. The average molecular weight is 342 g/mol. The minimum Gasteiger partial charge on any atom is -0.306 e. The Morgan fingerprint density at radius 2 is 1.88 bits per heavy atom. The summed E-state index contributed by atoms with van der Waals surface area (Å²) in [6, 6.07) is 3.85. The predicted octanol–water partition coefficient (Wildman–Crippen LogP) is 3.51. The fourth-order valence-corrected chi connectivity index (χ4v) is 3.26. The van der Waals surface area contributed by atoms with Gasteiger partial charge in [0, 0.05) is 32.1 Å². The van der Waals surface area contributed by atoms with E-state index < -0.39 is 17.4 Å². The number of aryl methyl sites for hydroxylation is 1. The number of aromatic nitrogens is 3. The summed E-state index contributed by atoms with van der Waals surface area (Å²) >= 11 is 0. The number of nitrogens with one attached hydrogen (secondary N) is 1. The molecule has 1 saturated heterocycles. The maximum atomic E-state index is 15.5. The summed E-state index contributed by atoms with van der Waals surface area (Å²) in [5, 5.41) is 11.1. The summed E-state index contributed by atoms with van der Waals surface area (Å²) in [6.45, 7) is 1.85. The van der Waals surface area contributed by atoms with Gasteiger partial charge in [0.05, 0.1) is 17.3 Å². The van der Waals surface area contributed by atoms with Crippen LogP contribution in [0.15, 0.2) is 30.5 Å². The number of rotatable bonds is 2. The van der Waals surface area contributed by atoms with E-state index in [-0.39, 0.29) is 30.5 Å². The molecule has 1 N–H and O–H groups in total. The molecule has 24 heavy (non-hydrogen) atoms. The van der Waals surface area contributed by atoms with Crippen molar-refractivity contribution in [1.82, 2.24) is 20.3 Å². The molecule has 2 heterocycles. The second-order valence-electron chi connectivity index (χ2n) is 6.39. The molecule has 0 aliphatic carbocycles. The smallest absolute Gasteiger partial charge is 0.306 e. The molecule has 1 aromatic carbocycles. The average Bonchev–Trinajstić information content (AvgIpc) is 2.92. The number of alkyl halides is 4. The molecular formula is C16H18F4N4. The highest BCUT2D eigenvalue weighted by Gasteiger charge is 2.42. The van der Waals surface area contributed by atoms with Gasteiger partial charge in [0.1, 0.15) is 5.67 Å². The molecule has 0 bridgehead atoms. The standard InChI is InChI=1S/C16H18F4N4/c1-10-7-15(17,8-13(21-10)14-9-24(2)23-22-14)11-3-5-12(6-4-11)16(18,19)20/h3-6,9-10,13,21H,7-8H2,1-2H3/t10-,13-,15-/m0/s1. The van der Waals surface area contributed by atoms with E-state index in [0.29, 0.717) is 5.69 Å². The maximum absolute atomic E-state index is 15.5. The lowest BCUT2D eigenvalue weighted by atomic mass is 9.79. The molecule has 1 fully saturated rings. The number of hydrogen-bond acceptors (Lipinski definition) is 3. The largest absolute Gasteiger partial charge is 0.416 e. The third-order valence-corrected chi connectivity index (χ3v) is 4.35. The quantitative estimate of drug-likeness (QED) is 0.850. The molecule has 0 amide bonds. The van der Waals surface area contributed by atoms with Crippen LogP contribution in [0.5, 0.6) is 0 Å². The first kappa shape index (κ1) is 16.9. The Morgan fingerprint density at radius 1 is 1.21 bits per heavy atom. The van der Waals surface area contributed by atoms with Crippen LogP contribution in [0.3, 0.4) is 0 Å². The van der Waals surface area contributed by atoms with E-state index in [9.17, 15) is 13.2 Å². The lowest BCUT2D eigenvalue weighted by Gasteiger charge is -2.39. The van der Waals surface area contributed by atoms with E-state index in [1.165, 1.54) is 16.8 Å². The van der Waals surface area contributed by atoms with Gasteiger partial charge in [0.15, 0.2) is 0 Å².